The molecular formula is C13H25NO5. The lowest BCUT2D eigenvalue weighted by molar-refractivity contribution is -0.151. The molecule has 1 heterocycles. The summed E-state index contributed by atoms with van der Waals surface area (Å²) in [4.78, 5) is 11.7. The van der Waals surface area contributed by atoms with Gasteiger partial charge in [-0.1, -0.05) is 0 Å². The maximum atomic E-state index is 11.7. The van der Waals surface area contributed by atoms with Gasteiger partial charge in [0.1, 0.15) is 6.61 Å². The van der Waals surface area contributed by atoms with E-state index in [1.54, 1.807) is 7.11 Å². The Morgan fingerprint density at radius 3 is 2.21 bits per heavy atom. The molecule has 19 heavy (non-hydrogen) atoms. The van der Waals surface area contributed by atoms with Crippen molar-refractivity contribution in [2.24, 2.45) is 5.92 Å². The summed E-state index contributed by atoms with van der Waals surface area (Å²) in [6, 6.07) is 0. The highest BCUT2D eigenvalue weighted by Crippen LogP contribution is 2.12. The molecule has 0 aromatic heterocycles. The SMILES string of the molecule is COCCOCCOCCOC(=O)C1CCNCC1. The van der Waals surface area contributed by atoms with E-state index in [1.807, 2.05) is 0 Å². The summed E-state index contributed by atoms with van der Waals surface area (Å²) in [5.74, 6) is -0.0416. The normalized spacial score (nSPS) is 16.5. The van der Waals surface area contributed by atoms with E-state index in [0.717, 1.165) is 25.9 Å². The quantitative estimate of drug-likeness (QED) is 0.454. The van der Waals surface area contributed by atoms with Crippen LogP contribution in [0.2, 0.25) is 0 Å². The minimum absolute atomic E-state index is 0.0543. The first-order chi connectivity index (χ1) is 9.34. The molecule has 0 aliphatic carbocycles. The molecule has 1 rings (SSSR count). The Morgan fingerprint density at radius 1 is 1.00 bits per heavy atom. The van der Waals surface area contributed by atoms with Gasteiger partial charge < -0.3 is 24.3 Å². The molecule has 1 aliphatic heterocycles. The molecule has 0 atom stereocenters. The Hall–Kier alpha value is -0.690. The zero-order valence-electron chi connectivity index (χ0n) is 11.7. The van der Waals surface area contributed by atoms with E-state index in [1.165, 1.54) is 0 Å². The highest BCUT2D eigenvalue weighted by molar-refractivity contribution is 5.72. The highest BCUT2D eigenvalue weighted by Gasteiger charge is 2.21. The molecule has 0 spiro atoms. The fourth-order valence-corrected chi connectivity index (χ4v) is 1.84. The number of ether oxygens (including phenoxy) is 4. The standard InChI is InChI=1S/C13H25NO5/c1-16-6-7-17-8-9-18-10-11-19-13(15)12-2-4-14-5-3-12/h12,14H,2-11H2,1H3. The predicted octanol–water partition coefficient (Wildman–Crippen LogP) is 0.209. The molecule has 1 aliphatic rings. The highest BCUT2D eigenvalue weighted by atomic mass is 16.6. The van der Waals surface area contributed by atoms with Gasteiger partial charge in [-0.3, -0.25) is 4.79 Å². The summed E-state index contributed by atoms with van der Waals surface area (Å²) in [6.45, 7) is 4.74. The summed E-state index contributed by atoms with van der Waals surface area (Å²) in [5, 5.41) is 3.22. The lowest BCUT2D eigenvalue weighted by atomic mass is 9.99. The molecule has 0 saturated carbocycles. The van der Waals surface area contributed by atoms with Crippen molar-refractivity contribution in [1.82, 2.24) is 5.32 Å². The fraction of sp³-hybridized carbons (Fsp3) is 0.923. The van der Waals surface area contributed by atoms with Gasteiger partial charge in [0.25, 0.3) is 0 Å². The number of methoxy groups -OCH3 is 1. The van der Waals surface area contributed by atoms with Gasteiger partial charge in [-0.25, -0.2) is 0 Å². The minimum atomic E-state index is -0.0959. The van der Waals surface area contributed by atoms with E-state index >= 15 is 0 Å². The van der Waals surface area contributed by atoms with Crippen LogP contribution in [0, 0.1) is 5.92 Å². The molecule has 0 radical (unpaired) electrons. The topological polar surface area (TPSA) is 66.0 Å². The van der Waals surface area contributed by atoms with Crippen molar-refractivity contribution in [3.63, 3.8) is 0 Å². The summed E-state index contributed by atoms with van der Waals surface area (Å²) in [5.41, 5.74) is 0. The smallest absolute Gasteiger partial charge is 0.309 e. The van der Waals surface area contributed by atoms with E-state index in [2.05, 4.69) is 5.32 Å². The van der Waals surface area contributed by atoms with Gasteiger partial charge >= 0.3 is 5.97 Å². The van der Waals surface area contributed by atoms with Crippen molar-refractivity contribution in [2.45, 2.75) is 12.8 Å². The van der Waals surface area contributed by atoms with Crippen LogP contribution in [0.3, 0.4) is 0 Å². The minimum Gasteiger partial charge on any atom is -0.463 e. The van der Waals surface area contributed by atoms with Gasteiger partial charge in [0.15, 0.2) is 0 Å². The average molecular weight is 275 g/mol. The van der Waals surface area contributed by atoms with Crippen molar-refractivity contribution in [1.29, 1.82) is 0 Å². The molecule has 1 saturated heterocycles. The van der Waals surface area contributed by atoms with Crippen molar-refractivity contribution in [3.05, 3.63) is 0 Å². The Bertz CT molecular complexity index is 231. The second-order valence-electron chi connectivity index (χ2n) is 4.41. The van der Waals surface area contributed by atoms with E-state index in [-0.39, 0.29) is 11.9 Å². The third kappa shape index (κ3) is 8.15. The number of nitrogens with one attached hydrogen (secondary N) is 1. The van der Waals surface area contributed by atoms with Gasteiger partial charge in [0, 0.05) is 7.11 Å². The largest absolute Gasteiger partial charge is 0.463 e. The summed E-state index contributed by atoms with van der Waals surface area (Å²) in [6.07, 6.45) is 1.74. The van der Waals surface area contributed by atoms with Crippen LogP contribution in [0.5, 0.6) is 0 Å². The lowest BCUT2D eigenvalue weighted by Gasteiger charge is -2.20. The van der Waals surface area contributed by atoms with Crippen LogP contribution in [0.4, 0.5) is 0 Å². The number of hydrogen-bond acceptors (Lipinski definition) is 6. The number of rotatable bonds is 10. The Morgan fingerprint density at radius 2 is 1.58 bits per heavy atom. The maximum Gasteiger partial charge on any atom is 0.309 e. The molecule has 1 fully saturated rings. The molecule has 1 N–H and O–H groups in total. The van der Waals surface area contributed by atoms with Crippen LogP contribution in [0.1, 0.15) is 12.8 Å². The van der Waals surface area contributed by atoms with E-state index in [0.29, 0.717) is 39.6 Å². The van der Waals surface area contributed by atoms with Crippen LogP contribution in [0.15, 0.2) is 0 Å². The monoisotopic (exact) mass is 275 g/mol. The number of esters is 1. The van der Waals surface area contributed by atoms with Crippen LogP contribution in [-0.2, 0) is 23.7 Å². The average Bonchev–Trinajstić information content (AvgIpc) is 2.46. The molecule has 0 aromatic carbocycles. The number of hydrogen-bond donors (Lipinski definition) is 1. The zero-order chi connectivity index (χ0) is 13.8. The van der Waals surface area contributed by atoms with Crippen LogP contribution < -0.4 is 5.32 Å². The second kappa shape index (κ2) is 11.2. The number of carbonyl (C=O) groups is 1. The Kier molecular flexibility index (Phi) is 9.61. The number of carbonyl (C=O) groups excluding carboxylic acids is 1. The van der Waals surface area contributed by atoms with E-state index in [9.17, 15) is 4.79 Å². The Labute approximate surface area is 114 Å². The van der Waals surface area contributed by atoms with Crippen molar-refractivity contribution in [3.8, 4) is 0 Å². The van der Waals surface area contributed by atoms with Gasteiger partial charge in [-0.2, -0.15) is 0 Å². The second-order valence-corrected chi connectivity index (χ2v) is 4.41. The molecule has 112 valence electrons. The van der Waals surface area contributed by atoms with Gasteiger partial charge in [0.2, 0.25) is 0 Å². The number of piperidine rings is 1. The van der Waals surface area contributed by atoms with Crippen molar-refractivity contribution >= 4 is 5.97 Å². The molecule has 0 bridgehead atoms. The predicted molar refractivity (Wildman–Crippen MR) is 70.1 cm³/mol. The molecule has 0 aromatic rings. The fourth-order valence-electron chi connectivity index (χ4n) is 1.84. The van der Waals surface area contributed by atoms with Crippen LogP contribution in [0.25, 0.3) is 0 Å². The molecule has 6 heteroatoms. The molecule has 0 unspecified atom stereocenters. The third-order valence-corrected chi connectivity index (χ3v) is 2.95. The van der Waals surface area contributed by atoms with E-state index in [4.69, 9.17) is 18.9 Å². The van der Waals surface area contributed by atoms with Gasteiger partial charge in [-0.15, -0.1) is 0 Å². The first kappa shape index (κ1) is 16.4. The summed E-state index contributed by atoms with van der Waals surface area (Å²) in [7, 11) is 1.64. The lowest BCUT2D eigenvalue weighted by Crippen LogP contribution is -2.33. The first-order valence-corrected chi connectivity index (χ1v) is 6.86. The van der Waals surface area contributed by atoms with Crippen LogP contribution in [-0.4, -0.2) is 65.8 Å². The van der Waals surface area contributed by atoms with Crippen molar-refractivity contribution in [2.75, 3.05) is 59.8 Å². The molecule has 0 amide bonds. The molecule has 6 nitrogen and oxygen atoms in total. The van der Waals surface area contributed by atoms with Crippen LogP contribution >= 0.6 is 0 Å². The maximum absolute atomic E-state index is 11.7. The van der Waals surface area contributed by atoms with E-state index < -0.39 is 0 Å². The third-order valence-electron chi connectivity index (χ3n) is 2.95. The molecular weight excluding hydrogens is 250 g/mol. The summed E-state index contributed by atoms with van der Waals surface area (Å²) >= 11 is 0. The van der Waals surface area contributed by atoms with Gasteiger partial charge in [-0.05, 0) is 25.9 Å². The summed E-state index contributed by atoms with van der Waals surface area (Å²) < 4.78 is 20.5. The van der Waals surface area contributed by atoms with Gasteiger partial charge in [0.05, 0.1) is 39.0 Å². The first-order valence-electron chi connectivity index (χ1n) is 6.86. The Balaban J connectivity index is 1.86. The van der Waals surface area contributed by atoms with Crippen molar-refractivity contribution < 1.29 is 23.7 Å². The zero-order valence-corrected chi connectivity index (χ0v) is 11.7.